The van der Waals surface area contributed by atoms with E-state index in [4.69, 9.17) is 5.73 Å². The van der Waals surface area contributed by atoms with Gasteiger partial charge in [0.2, 0.25) is 0 Å². The van der Waals surface area contributed by atoms with E-state index >= 15 is 0 Å². The molecule has 0 unspecified atom stereocenters. The van der Waals surface area contributed by atoms with Crippen LogP contribution >= 0.6 is 0 Å². The highest BCUT2D eigenvalue weighted by Gasteiger charge is 2.16. The van der Waals surface area contributed by atoms with Gasteiger partial charge in [-0.05, 0) is 61.7 Å². The molecule has 2 rings (SSSR count). The fraction of sp³-hybridized carbons (Fsp3) is 0.200. The van der Waals surface area contributed by atoms with Gasteiger partial charge in [-0.1, -0.05) is 12.1 Å². The highest BCUT2D eigenvalue weighted by atomic mass is 32.2. The SMILES string of the molecule is Cc1cc(C)cc(S(=O)(=O)Nc2cccc(N)c2C)c1. The van der Waals surface area contributed by atoms with Crippen molar-refractivity contribution in [3.05, 3.63) is 53.1 Å². The van der Waals surface area contributed by atoms with Crippen LogP contribution < -0.4 is 10.5 Å². The molecule has 0 radical (unpaired) electrons. The van der Waals surface area contributed by atoms with Crippen LogP contribution in [0.1, 0.15) is 16.7 Å². The van der Waals surface area contributed by atoms with Crippen molar-refractivity contribution in [1.29, 1.82) is 0 Å². The zero-order valence-electron chi connectivity index (χ0n) is 11.8. The normalized spacial score (nSPS) is 11.3. The van der Waals surface area contributed by atoms with Crippen LogP contribution in [0.25, 0.3) is 0 Å². The average molecular weight is 290 g/mol. The van der Waals surface area contributed by atoms with Gasteiger partial charge in [0.25, 0.3) is 10.0 Å². The molecule has 5 heteroatoms. The zero-order valence-corrected chi connectivity index (χ0v) is 12.6. The molecule has 0 saturated heterocycles. The number of rotatable bonds is 3. The van der Waals surface area contributed by atoms with Gasteiger partial charge in [0.05, 0.1) is 10.6 Å². The van der Waals surface area contributed by atoms with Gasteiger partial charge in [-0.25, -0.2) is 8.42 Å². The van der Waals surface area contributed by atoms with E-state index in [0.29, 0.717) is 11.4 Å². The van der Waals surface area contributed by atoms with Crippen LogP contribution in [-0.4, -0.2) is 8.42 Å². The lowest BCUT2D eigenvalue weighted by Gasteiger charge is -2.12. The molecule has 0 aromatic heterocycles. The van der Waals surface area contributed by atoms with Gasteiger partial charge >= 0.3 is 0 Å². The van der Waals surface area contributed by atoms with Crippen LogP contribution in [-0.2, 0) is 10.0 Å². The molecule has 0 heterocycles. The predicted molar refractivity (Wildman–Crippen MR) is 82.3 cm³/mol. The number of nitrogens with two attached hydrogens (primary N) is 1. The minimum Gasteiger partial charge on any atom is -0.398 e. The molecule has 3 N–H and O–H groups in total. The molecule has 0 bridgehead atoms. The third-order valence-corrected chi connectivity index (χ3v) is 4.47. The maximum Gasteiger partial charge on any atom is 0.261 e. The van der Waals surface area contributed by atoms with E-state index in [1.54, 1.807) is 37.3 Å². The molecule has 0 atom stereocenters. The first-order chi connectivity index (χ1) is 9.29. The standard InChI is InChI=1S/C15H18N2O2S/c1-10-7-11(2)9-13(8-10)20(18,19)17-15-6-4-5-14(16)12(15)3/h4-9,17H,16H2,1-3H3. The van der Waals surface area contributed by atoms with Crippen molar-refractivity contribution >= 4 is 21.4 Å². The summed E-state index contributed by atoms with van der Waals surface area (Å²) >= 11 is 0. The van der Waals surface area contributed by atoms with Gasteiger partial charge in [-0.3, -0.25) is 4.72 Å². The van der Waals surface area contributed by atoms with E-state index in [2.05, 4.69) is 4.72 Å². The summed E-state index contributed by atoms with van der Waals surface area (Å²) in [5.74, 6) is 0. The van der Waals surface area contributed by atoms with Gasteiger partial charge in [0, 0.05) is 5.69 Å². The fourth-order valence-electron chi connectivity index (χ4n) is 2.06. The van der Waals surface area contributed by atoms with Crippen molar-refractivity contribution in [2.45, 2.75) is 25.7 Å². The molecule has 0 fully saturated rings. The first-order valence-corrected chi connectivity index (χ1v) is 7.74. The van der Waals surface area contributed by atoms with Crippen LogP contribution in [0.2, 0.25) is 0 Å². The second-order valence-corrected chi connectivity index (χ2v) is 6.63. The summed E-state index contributed by atoms with van der Waals surface area (Å²) in [5, 5.41) is 0. The number of nitrogens with one attached hydrogen (secondary N) is 1. The van der Waals surface area contributed by atoms with Crippen LogP contribution in [0.3, 0.4) is 0 Å². The van der Waals surface area contributed by atoms with Crippen LogP contribution in [0.5, 0.6) is 0 Å². The molecular formula is C15H18N2O2S. The Morgan fingerprint density at radius 2 is 1.60 bits per heavy atom. The summed E-state index contributed by atoms with van der Waals surface area (Å²) in [6.45, 7) is 5.53. The van der Waals surface area contributed by atoms with E-state index in [9.17, 15) is 8.42 Å². The fourth-order valence-corrected chi connectivity index (χ4v) is 3.37. The minimum atomic E-state index is -3.60. The molecule has 20 heavy (non-hydrogen) atoms. The van der Waals surface area contributed by atoms with E-state index in [0.717, 1.165) is 16.7 Å². The number of aryl methyl sites for hydroxylation is 2. The molecule has 2 aromatic carbocycles. The van der Waals surface area contributed by atoms with Crippen molar-refractivity contribution in [3.63, 3.8) is 0 Å². The lowest BCUT2D eigenvalue weighted by atomic mass is 10.2. The highest BCUT2D eigenvalue weighted by molar-refractivity contribution is 7.92. The molecule has 0 aliphatic rings. The second kappa shape index (κ2) is 5.17. The third-order valence-electron chi connectivity index (χ3n) is 3.13. The third kappa shape index (κ3) is 2.93. The molecule has 0 aliphatic heterocycles. The number of hydrogen-bond donors (Lipinski definition) is 2. The molecule has 0 aliphatic carbocycles. The maximum absolute atomic E-state index is 12.4. The molecular weight excluding hydrogens is 272 g/mol. The minimum absolute atomic E-state index is 0.261. The van der Waals surface area contributed by atoms with E-state index in [-0.39, 0.29) is 4.90 Å². The topological polar surface area (TPSA) is 72.2 Å². The number of nitrogen functional groups attached to an aromatic ring is 1. The smallest absolute Gasteiger partial charge is 0.261 e. The molecule has 2 aromatic rings. The summed E-state index contributed by atoms with van der Waals surface area (Å²) < 4.78 is 27.4. The van der Waals surface area contributed by atoms with Gasteiger partial charge in [0.15, 0.2) is 0 Å². The van der Waals surface area contributed by atoms with Crippen LogP contribution in [0, 0.1) is 20.8 Å². The van der Waals surface area contributed by atoms with Crippen molar-refractivity contribution in [3.8, 4) is 0 Å². The van der Waals surface area contributed by atoms with Crippen LogP contribution in [0.4, 0.5) is 11.4 Å². The van der Waals surface area contributed by atoms with Crippen molar-refractivity contribution in [1.82, 2.24) is 0 Å². The Labute approximate surface area is 119 Å². The Morgan fingerprint density at radius 1 is 1.00 bits per heavy atom. The van der Waals surface area contributed by atoms with E-state index in [1.807, 2.05) is 19.9 Å². The van der Waals surface area contributed by atoms with Crippen molar-refractivity contribution in [2.75, 3.05) is 10.5 Å². The maximum atomic E-state index is 12.4. The van der Waals surface area contributed by atoms with Crippen LogP contribution in [0.15, 0.2) is 41.3 Å². The Morgan fingerprint density at radius 3 is 2.20 bits per heavy atom. The average Bonchev–Trinajstić information content (AvgIpc) is 2.33. The number of sulfonamides is 1. The van der Waals surface area contributed by atoms with E-state index in [1.165, 1.54) is 0 Å². The largest absolute Gasteiger partial charge is 0.398 e. The summed E-state index contributed by atoms with van der Waals surface area (Å²) in [6.07, 6.45) is 0. The Bertz CT molecular complexity index is 732. The Balaban J connectivity index is 2.43. The summed E-state index contributed by atoms with van der Waals surface area (Å²) in [6, 6.07) is 10.4. The monoisotopic (exact) mass is 290 g/mol. The van der Waals surface area contributed by atoms with Gasteiger partial charge < -0.3 is 5.73 Å². The summed E-state index contributed by atoms with van der Waals surface area (Å²) in [7, 11) is -3.60. The lowest BCUT2D eigenvalue weighted by Crippen LogP contribution is -2.14. The summed E-state index contributed by atoms with van der Waals surface area (Å²) in [4.78, 5) is 0.261. The van der Waals surface area contributed by atoms with Crippen molar-refractivity contribution < 1.29 is 8.42 Å². The first-order valence-electron chi connectivity index (χ1n) is 6.26. The quantitative estimate of drug-likeness (QED) is 0.854. The number of hydrogen-bond acceptors (Lipinski definition) is 3. The number of anilines is 2. The molecule has 0 spiro atoms. The van der Waals surface area contributed by atoms with E-state index < -0.39 is 10.0 Å². The number of benzene rings is 2. The molecule has 4 nitrogen and oxygen atoms in total. The Hall–Kier alpha value is -2.01. The molecule has 0 saturated carbocycles. The molecule has 0 amide bonds. The van der Waals surface area contributed by atoms with Gasteiger partial charge in [0.1, 0.15) is 0 Å². The summed E-state index contributed by atoms with van der Waals surface area (Å²) in [5.41, 5.74) is 9.40. The second-order valence-electron chi connectivity index (χ2n) is 4.95. The first kappa shape index (κ1) is 14.4. The predicted octanol–water partition coefficient (Wildman–Crippen LogP) is 2.99. The van der Waals surface area contributed by atoms with Crippen molar-refractivity contribution in [2.24, 2.45) is 0 Å². The molecule has 106 valence electrons. The van der Waals surface area contributed by atoms with Gasteiger partial charge in [-0.15, -0.1) is 0 Å². The van der Waals surface area contributed by atoms with Gasteiger partial charge in [-0.2, -0.15) is 0 Å². The highest BCUT2D eigenvalue weighted by Crippen LogP contribution is 2.24. The Kier molecular flexibility index (Phi) is 3.72. The lowest BCUT2D eigenvalue weighted by molar-refractivity contribution is 0.601. The zero-order chi connectivity index (χ0) is 14.9.